The molecule has 0 bridgehead atoms. The molecule has 4 heteroatoms. The van der Waals surface area contributed by atoms with Crippen LogP contribution in [0.4, 0.5) is 11.4 Å². The lowest BCUT2D eigenvalue weighted by molar-refractivity contribution is 0.414. The number of methoxy groups -OCH3 is 2. The zero-order valence-electron chi connectivity index (χ0n) is 12.2. The first-order valence-electron chi connectivity index (χ1n) is 6.35. The maximum atomic E-state index is 5.28. The van der Waals surface area contributed by atoms with E-state index in [0.29, 0.717) is 22.9 Å². The molecule has 0 fully saturated rings. The van der Waals surface area contributed by atoms with Crippen molar-refractivity contribution in [3.8, 4) is 11.5 Å². The van der Waals surface area contributed by atoms with Crippen LogP contribution < -0.4 is 9.47 Å². The first kappa shape index (κ1) is 14.1. The average Bonchev–Trinajstić information content (AvgIpc) is 2.45. The Bertz CT molecular complexity index is 581. The minimum Gasteiger partial charge on any atom is -0.494 e. The standard InChI is InChI=1S/C16H18N2O2/c1-11-5-7-15(19-3)13(9-11)17-18-14-10-12(2)6-8-16(14)20-4/h5-10H,1-4H3. The van der Waals surface area contributed by atoms with E-state index in [1.165, 1.54) is 0 Å². The van der Waals surface area contributed by atoms with E-state index in [1.54, 1.807) is 14.2 Å². The molecular formula is C16H18N2O2. The Morgan fingerprint density at radius 1 is 0.700 bits per heavy atom. The van der Waals surface area contributed by atoms with E-state index in [9.17, 15) is 0 Å². The van der Waals surface area contributed by atoms with Crippen molar-refractivity contribution in [2.24, 2.45) is 10.2 Å². The quantitative estimate of drug-likeness (QED) is 0.753. The molecule has 104 valence electrons. The Kier molecular flexibility index (Phi) is 4.35. The predicted octanol–water partition coefficient (Wildman–Crippen LogP) is 4.74. The summed E-state index contributed by atoms with van der Waals surface area (Å²) in [7, 11) is 3.24. The number of hydrogen-bond acceptors (Lipinski definition) is 4. The summed E-state index contributed by atoms with van der Waals surface area (Å²) in [5, 5.41) is 8.56. The number of benzene rings is 2. The minimum atomic E-state index is 0.700. The lowest BCUT2D eigenvalue weighted by Crippen LogP contribution is -1.85. The topological polar surface area (TPSA) is 43.2 Å². The third kappa shape index (κ3) is 3.15. The van der Waals surface area contributed by atoms with Gasteiger partial charge < -0.3 is 9.47 Å². The Labute approximate surface area is 119 Å². The van der Waals surface area contributed by atoms with Crippen LogP contribution in [0.15, 0.2) is 46.6 Å². The normalized spacial score (nSPS) is 10.8. The molecule has 20 heavy (non-hydrogen) atoms. The second kappa shape index (κ2) is 6.19. The summed E-state index contributed by atoms with van der Waals surface area (Å²) in [5.74, 6) is 1.40. The zero-order chi connectivity index (χ0) is 14.5. The molecule has 0 atom stereocenters. The molecule has 0 aromatic heterocycles. The van der Waals surface area contributed by atoms with E-state index in [4.69, 9.17) is 9.47 Å². The van der Waals surface area contributed by atoms with Gasteiger partial charge in [-0.05, 0) is 49.2 Å². The van der Waals surface area contributed by atoms with Crippen LogP contribution in [0.2, 0.25) is 0 Å². The molecule has 2 rings (SSSR count). The largest absolute Gasteiger partial charge is 0.494 e. The molecule has 0 radical (unpaired) electrons. The van der Waals surface area contributed by atoms with Gasteiger partial charge in [0, 0.05) is 0 Å². The van der Waals surface area contributed by atoms with Gasteiger partial charge in [-0.3, -0.25) is 0 Å². The molecule has 0 amide bonds. The molecule has 0 heterocycles. The Morgan fingerprint density at radius 2 is 1.10 bits per heavy atom. The second-order valence-corrected chi connectivity index (χ2v) is 4.55. The number of ether oxygens (including phenoxy) is 2. The van der Waals surface area contributed by atoms with Crippen molar-refractivity contribution in [3.63, 3.8) is 0 Å². The summed E-state index contributed by atoms with van der Waals surface area (Å²) in [5.41, 5.74) is 3.62. The van der Waals surface area contributed by atoms with Gasteiger partial charge in [-0.25, -0.2) is 0 Å². The molecule has 0 aliphatic heterocycles. The van der Waals surface area contributed by atoms with Gasteiger partial charge >= 0.3 is 0 Å². The number of rotatable bonds is 4. The molecule has 0 saturated heterocycles. The SMILES string of the molecule is COc1ccc(C)cc1N=Nc1cc(C)ccc1OC. The maximum absolute atomic E-state index is 5.28. The van der Waals surface area contributed by atoms with Crippen LogP contribution in [-0.4, -0.2) is 14.2 Å². The van der Waals surface area contributed by atoms with Gasteiger partial charge in [0.1, 0.15) is 22.9 Å². The smallest absolute Gasteiger partial charge is 0.146 e. The summed E-state index contributed by atoms with van der Waals surface area (Å²) in [6, 6.07) is 11.6. The van der Waals surface area contributed by atoms with Crippen LogP contribution in [0.25, 0.3) is 0 Å². The van der Waals surface area contributed by atoms with Crippen LogP contribution in [0.3, 0.4) is 0 Å². The van der Waals surface area contributed by atoms with Crippen molar-refractivity contribution in [1.29, 1.82) is 0 Å². The van der Waals surface area contributed by atoms with E-state index in [1.807, 2.05) is 50.2 Å². The van der Waals surface area contributed by atoms with Crippen molar-refractivity contribution in [3.05, 3.63) is 47.5 Å². The summed E-state index contributed by atoms with van der Waals surface area (Å²) >= 11 is 0. The summed E-state index contributed by atoms with van der Waals surface area (Å²) in [6.45, 7) is 4.01. The Hall–Kier alpha value is -2.36. The van der Waals surface area contributed by atoms with Gasteiger partial charge in [0.25, 0.3) is 0 Å². The lowest BCUT2D eigenvalue weighted by Gasteiger charge is -2.06. The number of azo groups is 1. The molecule has 0 unspecified atom stereocenters. The number of hydrogen-bond donors (Lipinski definition) is 0. The van der Waals surface area contributed by atoms with Gasteiger partial charge in [-0.1, -0.05) is 12.1 Å². The third-order valence-electron chi connectivity index (χ3n) is 2.93. The van der Waals surface area contributed by atoms with E-state index < -0.39 is 0 Å². The zero-order valence-corrected chi connectivity index (χ0v) is 12.2. The monoisotopic (exact) mass is 270 g/mol. The van der Waals surface area contributed by atoms with Crippen LogP contribution >= 0.6 is 0 Å². The van der Waals surface area contributed by atoms with Gasteiger partial charge in [0.05, 0.1) is 14.2 Å². The minimum absolute atomic E-state index is 0.700. The van der Waals surface area contributed by atoms with E-state index >= 15 is 0 Å². The highest BCUT2D eigenvalue weighted by Gasteiger charge is 2.04. The highest BCUT2D eigenvalue weighted by atomic mass is 16.5. The van der Waals surface area contributed by atoms with E-state index in [-0.39, 0.29) is 0 Å². The number of aryl methyl sites for hydroxylation is 2. The fourth-order valence-corrected chi connectivity index (χ4v) is 1.86. The highest BCUT2D eigenvalue weighted by Crippen LogP contribution is 2.33. The Balaban J connectivity index is 2.38. The fraction of sp³-hybridized carbons (Fsp3) is 0.250. The first-order chi connectivity index (χ1) is 9.63. The van der Waals surface area contributed by atoms with Crippen LogP contribution in [0, 0.1) is 13.8 Å². The van der Waals surface area contributed by atoms with Gasteiger partial charge in [0.2, 0.25) is 0 Å². The Morgan fingerprint density at radius 3 is 1.45 bits per heavy atom. The molecule has 2 aromatic rings. The predicted molar refractivity (Wildman–Crippen MR) is 79.6 cm³/mol. The molecule has 0 N–H and O–H groups in total. The first-order valence-corrected chi connectivity index (χ1v) is 6.35. The fourth-order valence-electron chi connectivity index (χ4n) is 1.86. The molecule has 0 aliphatic rings. The van der Waals surface area contributed by atoms with E-state index in [0.717, 1.165) is 11.1 Å². The van der Waals surface area contributed by atoms with E-state index in [2.05, 4.69) is 10.2 Å². The molecule has 2 aromatic carbocycles. The van der Waals surface area contributed by atoms with Gasteiger partial charge in [-0.15, -0.1) is 10.2 Å². The van der Waals surface area contributed by atoms with Crippen LogP contribution in [-0.2, 0) is 0 Å². The van der Waals surface area contributed by atoms with Crippen LogP contribution in [0.5, 0.6) is 11.5 Å². The summed E-state index contributed by atoms with van der Waals surface area (Å²) in [6.07, 6.45) is 0. The molecular weight excluding hydrogens is 252 g/mol. The lowest BCUT2D eigenvalue weighted by atomic mass is 10.2. The van der Waals surface area contributed by atoms with Crippen molar-refractivity contribution in [2.45, 2.75) is 13.8 Å². The third-order valence-corrected chi connectivity index (χ3v) is 2.93. The second-order valence-electron chi connectivity index (χ2n) is 4.55. The number of nitrogens with zero attached hydrogens (tertiary/aromatic N) is 2. The molecule has 4 nitrogen and oxygen atoms in total. The van der Waals surface area contributed by atoms with Crippen molar-refractivity contribution < 1.29 is 9.47 Å². The molecule has 0 spiro atoms. The van der Waals surface area contributed by atoms with Crippen molar-refractivity contribution in [2.75, 3.05) is 14.2 Å². The van der Waals surface area contributed by atoms with Crippen molar-refractivity contribution in [1.82, 2.24) is 0 Å². The van der Waals surface area contributed by atoms with Crippen molar-refractivity contribution >= 4 is 11.4 Å². The summed E-state index contributed by atoms with van der Waals surface area (Å²) < 4.78 is 10.6. The van der Waals surface area contributed by atoms with Crippen LogP contribution in [0.1, 0.15) is 11.1 Å². The average molecular weight is 270 g/mol. The highest BCUT2D eigenvalue weighted by molar-refractivity contribution is 5.56. The summed E-state index contributed by atoms with van der Waals surface area (Å²) in [4.78, 5) is 0. The molecule has 0 saturated carbocycles. The molecule has 0 aliphatic carbocycles. The maximum Gasteiger partial charge on any atom is 0.146 e. The van der Waals surface area contributed by atoms with Gasteiger partial charge in [-0.2, -0.15) is 0 Å². The van der Waals surface area contributed by atoms with Gasteiger partial charge in [0.15, 0.2) is 0 Å².